The smallest absolute Gasteiger partial charge is 0.324 e. The van der Waals surface area contributed by atoms with Gasteiger partial charge in [0, 0.05) is 29.3 Å². The second kappa shape index (κ2) is 20.2. The number of anilines is 2. The number of nitrogens with zero attached hydrogens (tertiary/aromatic N) is 7. The molecule has 0 saturated heterocycles. The first-order valence-electron chi connectivity index (χ1n) is 18.4. The van der Waals surface area contributed by atoms with Crippen LogP contribution < -0.4 is 5.32 Å². The van der Waals surface area contributed by atoms with Gasteiger partial charge in [0.25, 0.3) is 40.5 Å². The van der Waals surface area contributed by atoms with Crippen molar-refractivity contribution >= 4 is 96.2 Å². The van der Waals surface area contributed by atoms with E-state index in [0.717, 1.165) is 24.3 Å². The lowest BCUT2D eigenvalue weighted by atomic mass is 10.1. The summed E-state index contributed by atoms with van der Waals surface area (Å²) in [6, 6.07) is 29.9. The van der Waals surface area contributed by atoms with E-state index in [4.69, 9.17) is 12.6 Å². The Balaban J connectivity index is 0.00000178. The fourth-order valence-corrected chi connectivity index (χ4v) is 8.79. The molecule has 0 aliphatic carbocycles. The van der Waals surface area contributed by atoms with Crippen LogP contribution >= 0.6 is 0 Å². The molecule has 0 atom stereocenters. The van der Waals surface area contributed by atoms with Gasteiger partial charge >= 0.3 is 10.6 Å². The van der Waals surface area contributed by atoms with E-state index in [-0.39, 0.29) is 69.5 Å². The van der Waals surface area contributed by atoms with Crippen LogP contribution in [0.15, 0.2) is 167 Å². The fraction of sp³-hybridized carbons (Fsp3) is 0.0513. The first-order valence-corrected chi connectivity index (χ1v) is 25.1. The summed E-state index contributed by atoms with van der Waals surface area (Å²) in [7, 11) is -22.2. The highest BCUT2D eigenvalue weighted by atomic mass is 32.2. The first-order chi connectivity index (χ1) is 31.4. The van der Waals surface area contributed by atoms with Crippen LogP contribution in [0.2, 0.25) is 0 Å². The molecule has 0 spiro atoms. The largest absolute Gasteiger partial charge is 0.425 e. The molecule has 0 unspecified atom stereocenters. The molecule has 0 bridgehead atoms. The Morgan fingerprint density at radius 1 is 0.463 bits per heavy atom. The minimum absolute atomic E-state index is 0.0271. The summed E-state index contributed by atoms with van der Waals surface area (Å²) in [5.74, 6) is 0.0821. The molecule has 0 radical (unpaired) electrons. The van der Waals surface area contributed by atoms with Crippen LogP contribution in [-0.2, 0) is 63.9 Å². The molecule has 67 heavy (non-hydrogen) atoms. The molecule has 0 amide bonds. The first kappa shape index (κ1) is 49.3. The van der Waals surface area contributed by atoms with Crippen molar-refractivity contribution in [3.05, 3.63) is 150 Å². The van der Waals surface area contributed by atoms with Crippen LogP contribution in [0.25, 0.3) is 10.8 Å². The molecule has 0 fully saturated rings. The molecule has 5 N–H and O–H groups in total. The molecule has 23 nitrogen and oxygen atoms in total. The Morgan fingerprint density at radius 2 is 1.00 bits per heavy atom. The molecule has 0 aliphatic rings. The van der Waals surface area contributed by atoms with E-state index < -0.39 is 70.7 Å². The van der Waals surface area contributed by atoms with Gasteiger partial charge in [0.1, 0.15) is 21.4 Å². The summed E-state index contributed by atoms with van der Waals surface area (Å²) in [5.41, 5.74) is 1.57. The van der Waals surface area contributed by atoms with Gasteiger partial charge in [-0.3, -0.25) is 18.2 Å². The number of aromatic nitrogens is 3. The van der Waals surface area contributed by atoms with Gasteiger partial charge in [-0.05, 0) is 83.9 Å². The number of rotatable bonds is 14. The molecule has 0 saturated carbocycles. The van der Waals surface area contributed by atoms with Crippen molar-refractivity contribution in [2.24, 2.45) is 20.5 Å². The van der Waals surface area contributed by atoms with E-state index in [1.54, 1.807) is 42.5 Å². The standard InChI is InChI=1S/C39H30N8O12S4.O3S/c48-60(49,50)31-9-4-8-28(20-31)40-39-42-37(41-38(43-39)19-25-14-17-29(22-35(25)62(54,55)56)46-44-26-6-2-1-3-7-26)18-24-12-15-27(16-13-24)45-47-30-21-33-32(36(23-30)63(57,58)59)10-5-11-34(33)61(51,52)53;1-4(2)3/h1-17,20-23H,18-19H2,(H,48,49,50)(H,51,52,53)(H,54,55,56)(H,57,58,59)(H,40,41,42,43);. The maximum absolute atomic E-state index is 12.6. The highest BCUT2D eigenvalue weighted by molar-refractivity contribution is 7.87. The van der Waals surface area contributed by atoms with E-state index in [2.05, 4.69) is 40.7 Å². The molecule has 0 aliphatic heterocycles. The highest BCUT2D eigenvalue weighted by Gasteiger charge is 2.22. The zero-order chi connectivity index (χ0) is 48.7. The molecular formula is C39H30N8O15S5. The summed E-state index contributed by atoms with van der Waals surface area (Å²) in [6.45, 7) is 0. The molecule has 7 rings (SSSR count). The highest BCUT2D eigenvalue weighted by Crippen LogP contribution is 2.34. The van der Waals surface area contributed by atoms with Gasteiger partial charge in [-0.25, -0.2) is 4.98 Å². The molecule has 7 aromatic rings. The van der Waals surface area contributed by atoms with Crippen LogP contribution in [-0.4, -0.2) is 79.5 Å². The van der Waals surface area contributed by atoms with Crippen molar-refractivity contribution < 1.29 is 64.5 Å². The van der Waals surface area contributed by atoms with E-state index in [9.17, 15) is 51.9 Å². The van der Waals surface area contributed by atoms with E-state index in [1.807, 2.05) is 0 Å². The van der Waals surface area contributed by atoms with Gasteiger partial charge in [-0.1, -0.05) is 54.6 Å². The maximum Gasteiger partial charge on any atom is 0.425 e. The molecule has 28 heteroatoms. The zero-order valence-electron chi connectivity index (χ0n) is 33.5. The third-order valence-corrected chi connectivity index (χ3v) is 12.5. The third-order valence-electron chi connectivity index (χ3n) is 8.87. The van der Waals surface area contributed by atoms with Crippen molar-refractivity contribution in [1.29, 1.82) is 0 Å². The summed E-state index contributed by atoms with van der Waals surface area (Å²) >= 11 is 0. The van der Waals surface area contributed by atoms with Crippen molar-refractivity contribution in [3.63, 3.8) is 0 Å². The number of nitrogens with one attached hydrogen (secondary N) is 1. The monoisotopic (exact) mass is 1010 g/mol. The van der Waals surface area contributed by atoms with Gasteiger partial charge in [0.05, 0.1) is 32.5 Å². The summed E-state index contributed by atoms with van der Waals surface area (Å²) in [4.78, 5) is 11.2. The fourth-order valence-electron chi connectivity index (χ4n) is 6.10. The number of azo groups is 2. The molecule has 1 heterocycles. The average molecular weight is 1010 g/mol. The zero-order valence-corrected chi connectivity index (χ0v) is 37.6. The summed E-state index contributed by atoms with van der Waals surface area (Å²) < 4.78 is 162. The lowest BCUT2D eigenvalue weighted by Gasteiger charge is -2.12. The van der Waals surface area contributed by atoms with Crippen LogP contribution in [0, 0.1) is 0 Å². The average Bonchev–Trinajstić information content (AvgIpc) is 3.24. The van der Waals surface area contributed by atoms with E-state index in [1.165, 1.54) is 60.7 Å². The summed E-state index contributed by atoms with van der Waals surface area (Å²) in [5, 5.41) is 18.7. The van der Waals surface area contributed by atoms with Crippen LogP contribution in [0.5, 0.6) is 0 Å². The predicted octanol–water partition coefficient (Wildman–Crippen LogP) is 6.76. The molecule has 6 aromatic carbocycles. The number of hydrogen-bond donors (Lipinski definition) is 5. The second-order valence-electron chi connectivity index (χ2n) is 13.6. The van der Waals surface area contributed by atoms with Gasteiger partial charge in [0.15, 0.2) is 0 Å². The van der Waals surface area contributed by atoms with E-state index in [0.29, 0.717) is 11.3 Å². The third kappa shape index (κ3) is 13.7. The Labute approximate surface area is 382 Å². The lowest BCUT2D eigenvalue weighted by Crippen LogP contribution is -2.11. The molecule has 346 valence electrons. The SMILES string of the molecule is O=S(=O)(O)c1cccc(Nc2nc(Cc3ccc(N=Nc4cc(S(=O)(=O)O)c5cccc(S(=O)(=O)O)c5c4)cc3)nc(Cc3ccc(N=Nc4ccccc4)cc3S(=O)(=O)O)n2)c1.O=S(=O)=O. The minimum atomic E-state index is -4.88. The predicted molar refractivity (Wildman–Crippen MR) is 236 cm³/mol. The van der Waals surface area contributed by atoms with Crippen molar-refractivity contribution in [1.82, 2.24) is 15.0 Å². The number of benzene rings is 6. The second-order valence-corrected chi connectivity index (χ2v) is 19.6. The normalized spacial score (nSPS) is 12.2. The van der Waals surface area contributed by atoms with Gasteiger partial charge in [-0.15, -0.1) is 12.6 Å². The topological polar surface area (TPSA) is 369 Å². The van der Waals surface area contributed by atoms with Crippen molar-refractivity contribution in [2.75, 3.05) is 5.32 Å². The Kier molecular flexibility index (Phi) is 14.8. The Bertz CT molecular complexity index is 3670. The van der Waals surface area contributed by atoms with Crippen molar-refractivity contribution in [3.8, 4) is 0 Å². The Morgan fingerprint density at radius 3 is 1.61 bits per heavy atom. The number of fused-ring (bicyclic) bond motifs is 1. The maximum atomic E-state index is 12.6. The quantitative estimate of drug-likeness (QED) is 0.0554. The van der Waals surface area contributed by atoms with Gasteiger partial charge in [-0.2, -0.15) is 64.1 Å². The minimum Gasteiger partial charge on any atom is -0.324 e. The summed E-state index contributed by atoms with van der Waals surface area (Å²) in [6.07, 6.45) is -0.211. The molecular weight excluding hydrogens is 981 g/mol. The van der Waals surface area contributed by atoms with Crippen LogP contribution in [0.3, 0.4) is 0 Å². The van der Waals surface area contributed by atoms with Crippen LogP contribution in [0.4, 0.5) is 34.4 Å². The van der Waals surface area contributed by atoms with Crippen LogP contribution in [0.1, 0.15) is 22.8 Å². The van der Waals surface area contributed by atoms with E-state index >= 15 is 0 Å². The Hall–Kier alpha value is -7.15. The van der Waals surface area contributed by atoms with Gasteiger partial charge < -0.3 is 5.32 Å². The lowest BCUT2D eigenvalue weighted by molar-refractivity contribution is 0.480. The molecule has 1 aromatic heterocycles. The number of hydrogen-bond acceptors (Lipinski definition) is 19. The van der Waals surface area contributed by atoms with Gasteiger partial charge in [0.2, 0.25) is 5.95 Å². The van der Waals surface area contributed by atoms with Crippen molar-refractivity contribution in [2.45, 2.75) is 32.4 Å².